The lowest BCUT2D eigenvalue weighted by Crippen LogP contribution is -2.32. The zero-order valence-corrected chi connectivity index (χ0v) is 19.7. The Hall–Kier alpha value is -3.79. The van der Waals surface area contributed by atoms with E-state index in [1.807, 2.05) is 6.92 Å². The standard InChI is InChI=1S/C24H25N5O4S/c1-4-22(30)27-20-8-6-16(11-15(20)2)23(31)29-10-9-18(14-29)26-24-25-13-17-5-7-19(34(3,32)33)12-21(17)28-24/h4-8,11-13,18H,1,9-10,14H2,2-3H3,(H,27,30)(H,25,26,28)/t18-/m1/s1. The minimum atomic E-state index is -3.34. The van der Waals surface area contributed by atoms with Crippen molar-refractivity contribution >= 4 is 44.2 Å². The van der Waals surface area contributed by atoms with Crippen LogP contribution in [0.3, 0.4) is 0 Å². The number of nitrogens with one attached hydrogen (secondary N) is 2. The predicted molar refractivity (Wildman–Crippen MR) is 131 cm³/mol. The molecular formula is C24H25N5O4S. The Labute approximate surface area is 197 Å². The Morgan fingerprint density at radius 1 is 1.21 bits per heavy atom. The summed E-state index contributed by atoms with van der Waals surface area (Å²) in [5.41, 5.74) is 2.50. The van der Waals surface area contributed by atoms with E-state index in [1.54, 1.807) is 35.4 Å². The summed E-state index contributed by atoms with van der Waals surface area (Å²) in [6.45, 7) is 6.33. The number of carbonyl (C=O) groups is 2. The van der Waals surface area contributed by atoms with Gasteiger partial charge in [0.15, 0.2) is 9.84 Å². The summed E-state index contributed by atoms with van der Waals surface area (Å²) in [6.07, 6.45) is 4.72. The summed E-state index contributed by atoms with van der Waals surface area (Å²) in [5, 5.41) is 6.71. The average molecular weight is 480 g/mol. The fraction of sp³-hybridized carbons (Fsp3) is 0.250. The summed E-state index contributed by atoms with van der Waals surface area (Å²) in [4.78, 5) is 35.3. The van der Waals surface area contributed by atoms with Crippen LogP contribution in [0.2, 0.25) is 0 Å². The lowest BCUT2D eigenvalue weighted by Gasteiger charge is -2.18. The molecule has 2 aromatic carbocycles. The third-order valence-corrected chi connectivity index (χ3v) is 6.82. The van der Waals surface area contributed by atoms with Crippen LogP contribution in [0.15, 0.2) is 60.1 Å². The van der Waals surface area contributed by atoms with Crippen LogP contribution < -0.4 is 10.6 Å². The van der Waals surface area contributed by atoms with Crippen molar-refractivity contribution in [3.05, 3.63) is 66.4 Å². The Morgan fingerprint density at radius 2 is 2.00 bits per heavy atom. The number of nitrogens with zero attached hydrogens (tertiary/aromatic N) is 3. The molecule has 2 heterocycles. The molecule has 10 heteroatoms. The molecule has 4 rings (SSSR count). The van der Waals surface area contributed by atoms with E-state index in [2.05, 4.69) is 27.2 Å². The molecular weight excluding hydrogens is 454 g/mol. The molecule has 1 atom stereocenters. The molecule has 176 valence electrons. The van der Waals surface area contributed by atoms with Crippen molar-refractivity contribution in [3.8, 4) is 0 Å². The van der Waals surface area contributed by atoms with Crippen LogP contribution in [0.1, 0.15) is 22.3 Å². The van der Waals surface area contributed by atoms with E-state index in [-0.39, 0.29) is 22.8 Å². The van der Waals surface area contributed by atoms with E-state index in [0.29, 0.717) is 35.8 Å². The number of sulfone groups is 1. The van der Waals surface area contributed by atoms with Crippen molar-refractivity contribution in [3.63, 3.8) is 0 Å². The van der Waals surface area contributed by atoms with E-state index in [0.717, 1.165) is 23.6 Å². The van der Waals surface area contributed by atoms with Gasteiger partial charge in [0, 0.05) is 48.2 Å². The van der Waals surface area contributed by atoms with E-state index >= 15 is 0 Å². The van der Waals surface area contributed by atoms with Gasteiger partial charge in [-0.15, -0.1) is 0 Å². The van der Waals surface area contributed by atoms with Gasteiger partial charge in [0.1, 0.15) is 0 Å². The molecule has 9 nitrogen and oxygen atoms in total. The summed E-state index contributed by atoms with van der Waals surface area (Å²) in [7, 11) is -3.34. The lowest BCUT2D eigenvalue weighted by atomic mass is 10.1. The van der Waals surface area contributed by atoms with Crippen molar-refractivity contribution < 1.29 is 18.0 Å². The van der Waals surface area contributed by atoms with Gasteiger partial charge in [-0.25, -0.2) is 18.4 Å². The monoisotopic (exact) mass is 479 g/mol. The van der Waals surface area contributed by atoms with Gasteiger partial charge in [-0.1, -0.05) is 6.58 Å². The van der Waals surface area contributed by atoms with Crippen LogP contribution in [0, 0.1) is 6.92 Å². The van der Waals surface area contributed by atoms with Gasteiger partial charge in [0.2, 0.25) is 11.9 Å². The zero-order chi connectivity index (χ0) is 24.5. The Bertz CT molecular complexity index is 1400. The van der Waals surface area contributed by atoms with Crippen molar-refractivity contribution in [1.82, 2.24) is 14.9 Å². The van der Waals surface area contributed by atoms with Gasteiger partial charge in [-0.3, -0.25) is 9.59 Å². The number of fused-ring (bicyclic) bond motifs is 1. The first-order valence-corrected chi connectivity index (χ1v) is 12.6. The molecule has 2 amide bonds. The lowest BCUT2D eigenvalue weighted by molar-refractivity contribution is -0.111. The summed E-state index contributed by atoms with van der Waals surface area (Å²) < 4.78 is 23.7. The second-order valence-electron chi connectivity index (χ2n) is 8.29. The fourth-order valence-electron chi connectivity index (χ4n) is 3.85. The SMILES string of the molecule is C=CC(=O)Nc1ccc(C(=O)N2CC[C@@H](Nc3ncc4ccc(S(C)(=O)=O)cc4n3)C2)cc1C. The highest BCUT2D eigenvalue weighted by Gasteiger charge is 2.27. The third kappa shape index (κ3) is 5.07. The first-order chi connectivity index (χ1) is 16.1. The van der Waals surface area contributed by atoms with Crippen LogP contribution in [-0.2, 0) is 14.6 Å². The number of hydrogen-bond donors (Lipinski definition) is 2. The summed E-state index contributed by atoms with van der Waals surface area (Å²) in [5.74, 6) is -0.0130. The number of rotatable bonds is 6. The van der Waals surface area contributed by atoms with Crippen LogP contribution in [0.5, 0.6) is 0 Å². The topological polar surface area (TPSA) is 121 Å². The fourth-order valence-corrected chi connectivity index (χ4v) is 4.49. The predicted octanol–water partition coefficient (Wildman–Crippen LogP) is 2.79. The highest BCUT2D eigenvalue weighted by Crippen LogP contribution is 2.22. The number of anilines is 2. The van der Waals surface area contributed by atoms with Gasteiger partial charge in [0.05, 0.1) is 10.4 Å². The Morgan fingerprint density at radius 3 is 2.71 bits per heavy atom. The van der Waals surface area contributed by atoms with Crippen LogP contribution in [0.4, 0.5) is 11.6 Å². The van der Waals surface area contributed by atoms with Gasteiger partial charge in [0.25, 0.3) is 5.91 Å². The van der Waals surface area contributed by atoms with Gasteiger partial charge >= 0.3 is 0 Å². The largest absolute Gasteiger partial charge is 0.350 e. The molecule has 1 aliphatic rings. The molecule has 1 fully saturated rings. The minimum absolute atomic E-state index is 0.0354. The minimum Gasteiger partial charge on any atom is -0.350 e. The van der Waals surface area contributed by atoms with Crippen LogP contribution >= 0.6 is 0 Å². The first kappa shape index (κ1) is 23.4. The Balaban J connectivity index is 1.44. The molecule has 0 spiro atoms. The highest BCUT2D eigenvalue weighted by molar-refractivity contribution is 7.90. The summed E-state index contributed by atoms with van der Waals surface area (Å²) in [6, 6.07) is 9.88. The zero-order valence-electron chi connectivity index (χ0n) is 18.9. The normalized spacial score (nSPS) is 15.8. The van der Waals surface area contributed by atoms with Gasteiger partial charge in [-0.05, 0) is 61.4 Å². The smallest absolute Gasteiger partial charge is 0.253 e. The maximum atomic E-state index is 13.0. The molecule has 0 aliphatic carbocycles. The van der Waals surface area contributed by atoms with Gasteiger partial charge < -0.3 is 15.5 Å². The second-order valence-corrected chi connectivity index (χ2v) is 10.3. The Kier molecular flexibility index (Phi) is 6.34. The molecule has 34 heavy (non-hydrogen) atoms. The van der Waals surface area contributed by atoms with E-state index in [4.69, 9.17) is 0 Å². The molecule has 3 aromatic rings. The maximum absolute atomic E-state index is 13.0. The molecule has 0 unspecified atom stereocenters. The van der Waals surface area contributed by atoms with Gasteiger partial charge in [-0.2, -0.15) is 0 Å². The molecule has 1 aromatic heterocycles. The molecule has 1 aliphatic heterocycles. The van der Waals surface area contributed by atoms with Crippen molar-refractivity contribution in [1.29, 1.82) is 0 Å². The average Bonchev–Trinajstić information content (AvgIpc) is 3.27. The number of aryl methyl sites for hydroxylation is 1. The molecule has 2 N–H and O–H groups in total. The number of carbonyl (C=O) groups excluding carboxylic acids is 2. The van der Waals surface area contributed by atoms with Crippen molar-refractivity contribution in [2.24, 2.45) is 0 Å². The third-order valence-electron chi connectivity index (χ3n) is 5.71. The van der Waals surface area contributed by atoms with E-state index in [9.17, 15) is 18.0 Å². The molecule has 1 saturated heterocycles. The van der Waals surface area contributed by atoms with Crippen molar-refractivity contribution in [2.45, 2.75) is 24.3 Å². The quantitative estimate of drug-likeness (QED) is 0.522. The number of amides is 2. The number of hydrogen-bond acceptors (Lipinski definition) is 7. The molecule has 0 radical (unpaired) electrons. The van der Waals surface area contributed by atoms with E-state index in [1.165, 1.54) is 18.2 Å². The van der Waals surface area contributed by atoms with Crippen molar-refractivity contribution in [2.75, 3.05) is 30.0 Å². The van der Waals surface area contributed by atoms with Crippen LogP contribution in [-0.4, -0.2) is 60.5 Å². The van der Waals surface area contributed by atoms with E-state index < -0.39 is 9.84 Å². The molecule has 0 bridgehead atoms. The molecule has 0 saturated carbocycles. The first-order valence-electron chi connectivity index (χ1n) is 10.7. The maximum Gasteiger partial charge on any atom is 0.253 e. The number of aromatic nitrogens is 2. The second kappa shape index (κ2) is 9.22. The number of likely N-dealkylation sites (tertiary alicyclic amines) is 1. The summed E-state index contributed by atoms with van der Waals surface area (Å²) >= 11 is 0. The highest BCUT2D eigenvalue weighted by atomic mass is 32.2. The van der Waals surface area contributed by atoms with Crippen LogP contribution in [0.25, 0.3) is 10.9 Å². The number of benzene rings is 2.